The molecule has 1 aliphatic heterocycles. The molecule has 0 atom stereocenters. The summed E-state index contributed by atoms with van der Waals surface area (Å²) >= 11 is 0. The molecule has 1 aromatic heterocycles. The Kier molecular flexibility index (Phi) is 6.16. The number of aryl methyl sites for hydroxylation is 1. The van der Waals surface area contributed by atoms with Gasteiger partial charge in [-0.05, 0) is 32.3 Å². The minimum Gasteiger partial charge on any atom is -0.341 e. The van der Waals surface area contributed by atoms with Crippen LogP contribution in [0.2, 0.25) is 0 Å². The molecule has 2 heterocycles. The number of hydrogen-bond acceptors (Lipinski definition) is 4. The number of carbonyl (C=O) groups excluding carboxylic acids is 1. The van der Waals surface area contributed by atoms with Gasteiger partial charge >= 0.3 is 0 Å². The predicted octanol–water partition coefficient (Wildman–Crippen LogP) is 3.04. The van der Waals surface area contributed by atoms with Crippen molar-refractivity contribution in [3.05, 3.63) is 17.5 Å². The van der Waals surface area contributed by atoms with E-state index >= 15 is 0 Å². The van der Waals surface area contributed by atoms with E-state index in [1.165, 1.54) is 25.7 Å². The number of hydrogen-bond donors (Lipinski definition) is 0. The van der Waals surface area contributed by atoms with Gasteiger partial charge in [-0.3, -0.25) is 4.79 Å². The summed E-state index contributed by atoms with van der Waals surface area (Å²) in [5, 5.41) is 0. The summed E-state index contributed by atoms with van der Waals surface area (Å²) in [6, 6.07) is 1.80. The maximum Gasteiger partial charge on any atom is 0.272 e. The molecule has 0 aromatic carbocycles. The maximum absolute atomic E-state index is 12.5. The standard InChI is InChI=1S/C17H28N4O/c1-4-5-10-20(3)16(22)15-13-14(2)18-17(19-15)21-11-8-6-7-9-12-21/h13H,4-12H2,1-3H3. The number of anilines is 1. The Balaban J connectivity index is 2.16. The first kappa shape index (κ1) is 16.7. The minimum absolute atomic E-state index is 0.00461. The van der Waals surface area contributed by atoms with Crippen molar-refractivity contribution in [2.45, 2.75) is 52.4 Å². The first-order chi connectivity index (χ1) is 10.6. The Bertz CT molecular complexity index is 495. The molecule has 0 unspecified atom stereocenters. The zero-order valence-electron chi connectivity index (χ0n) is 14.1. The molecule has 0 aliphatic carbocycles. The molecule has 1 saturated heterocycles. The van der Waals surface area contributed by atoms with E-state index in [0.717, 1.165) is 38.2 Å². The summed E-state index contributed by atoms with van der Waals surface area (Å²) < 4.78 is 0. The monoisotopic (exact) mass is 304 g/mol. The normalized spacial score (nSPS) is 15.5. The Morgan fingerprint density at radius 3 is 2.55 bits per heavy atom. The Labute approximate surface area is 133 Å². The molecule has 0 spiro atoms. The zero-order chi connectivity index (χ0) is 15.9. The lowest BCUT2D eigenvalue weighted by Gasteiger charge is -2.22. The molecule has 0 saturated carbocycles. The topological polar surface area (TPSA) is 49.3 Å². The Hall–Kier alpha value is -1.65. The Morgan fingerprint density at radius 2 is 1.91 bits per heavy atom. The SMILES string of the molecule is CCCCN(C)C(=O)c1cc(C)nc(N2CCCCCC2)n1. The summed E-state index contributed by atoms with van der Waals surface area (Å²) in [6.07, 6.45) is 7.00. The third-order valence-electron chi connectivity index (χ3n) is 4.14. The fourth-order valence-electron chi connectivity index (χ4n) is 2.77. The van der Waals surface area contributed by atoms with Crippen molar-refractivity contribution in [2.24, 2.45) is 0 Å². The fourth-order valence-corrected chi connectivity index (χ4v) is 2.77. The predicted molar refractivity (Wildman–Crippen MR) is 89.3 cm³/mol. The van der Waals surface area contributed by atoms with E-state index in [1.54, 1.807) is 11.0 Å². The van der Waals surface area contributed by atoms with Gasteiger partial charge in [0.05, 0.1) is 0 Å². The van der Waals surface area contributed by atoms with Crippen molar-refractivity contribution in [3.63, 3.8) is 0 Å². The Morgan fingerprint density at radius 1 is 1.23 bits per heavy atom. The van der Waals surface area contributed by atoms with E-state index in [2.05, 4.69) is 21.8 Å². The smallest absolute Gasteiger partial charge is 0.272 e. The van der Waals surface area contributed by atoms with Crippen molar-refractivity contribution in [3.8, 4) is 0 Å². The third-order valence-corrected chi connectivity index (χ3v) is 4.14. The number of nitrogens with zero attached hydrogens (tertiary/aromatic N) is 4. The third kappa shape index (κ3) is 4.42. The van der Waals surface area contributed by atoms with E-state index in [0.29, 0.717) is 11.6 Å². The molecule has 22 heavy (non-hydrogen) atoms. The van der Waals surface area contributed by atoms with Crippen LogP contribution in [-0.4, -0.2) is 47.5 Å². The van der Waals surface area contributed by atoms with Gasteiger partial charge in [-0.25, -0.2) is 9.97 Å². The summed E-state index contributed by atoms with van der Waals surface area (Å²) in [6.45, 7) is 6.82. The second-order valence-corrected chi connectivity index (χ2v) is 6.18. The van der Waals surface area contributed by atoms with Crippen LogP contribution in [-0.2, 0) is 0 Å². The van der Waals surface area contributed by atoms with Gasteiger partial charge in [0.15, 0.2) is 0 Å². The first-order valence-corrected chi connectivity index (χ1v) is 8.48. The molecule has 0 N–H and O–H groups in total. The van der Waals surface area contributed by atoms with E-state index in [4.69, 9.17) is 0 Å². The van der Waals surface area contributed by atoms with Gasteiger partial charge in [0.25, 0.3) is 5.91 Å². The molecule has 5 nitrogen and oxygen atoms in total. The number of amides is 1. The number of rotatable bonds is 5. The molecule has 5 heteroatoms. The largest absolute Gasteiger partial charge is 0.341 e. The molecular formula is C17H28N4O. The molecule has 1 aliphatic rings. The van der Waals surface area contributed by atoms with Crippen molar-refractivity contribution >= 4 is 11.9 Å². The maximum atomic E-state index is 12.5. The highest BCUT2D eigenvalue weighted by Gasteiger charge is 2.18. The van der Waals surface area contributed by atoms with Crippen molar-refractivity contribution in [1.82, 2.24) is 14.9 Å². The molecule has 0 radical (unpaired) electrons. The van der Waals surface area contributed by atoms with Gasteiger partial charge in [-0.15, -0.1) is 0 Å². The second kappa shape index (κ2) is 8.11. The van der Waals surface area contributed by atoms with Gasteiger partial charge < -0.3 is 9.80 Å². The van der Waals surface area contributed by atoms with Gasteiger partial charge in [0, 0.05) is 32.4 Å². The van der Waals surface area contributed by atoms with Crippen LogP contribution in [0.25, 0.3) is 0 Å². The van der Waals surface area contributed by atoms with Gasteiger partial charge in [-0.2, -0.15) is 0 Å². The average Bonchev–Trinajstić information content (AvgIpc) is 2.80. The number of aromatic nitrogens is 2. The quantitative estimate of drug-likeness (QED) is 0.839. The van der Waals surface area contributed by atoms with Gasteiger partial charge in [0.1, 0.15) is 5.69 Å². The first-order valence-electron chi connectivity index (χ1n) is 8.48. The number of carbonyl (C=O) groups is 1. The van der Waals surface area contributed by atoms with Crippen LogP contribution in [0.3, 0.4) is 0 Å². The van der Waals surface area contributed by atoms with E-state index in [-0.39, 0.29) is 5.91 Å². The molecular weight excluding hydrogens is 276 g/mol. The molecule has 2 rings (SSSR count). The van der Waals surface area contributed by atoms with Crippen LogP contribution in [0.1, 0.15) is 61.6 Å². The van der Waals surface area contributed by atoms with Crippen molar-refractivity contribution in [1.29, 1.82) is 0 Å². The molecule has 1 aromatic rings. The molecule has 1 amide bonds. The molecule has 0 bridgehead atoms. The lowest BCUT2D eigenvalue weighted by molar-refractivity contribution is 0.0787. The van der Waals surface area contributed by atoms with Gasteiger partial charge in [-0.1, -0.05) is 26.2 Å². The summed E-state index contributed by atoms with van der Waals surface area (Å²) in [5.41, 5.74) is 1.38. The van der Waals surface area contributed by atoms with E-state index < -0.39 is 0 Å². The van der Waals surface area contributed by atoms with Crippen LogP contribution in [0, 0.1) is 6.92 Å². The highest BCUT2D eigenvalue weighted by molar-refractivity contribution is 5.92. The highest BCUT2D eigenvalue weighted by Crippen LogP contribution is 2.17. The van der Waals surface area contributed by atoms with Crippen LogP contribution in [0.4, 0.5) is 5.95 Å². The van der Waals surface area contributed by atoms with E-state index in [9.17, 15) is 4.79 Å². The van der Waals surface area contributed by atoms with Crippen molar-refractivity contribution < 1.29 is 4.79 Å². The average molecular weight is 304 g/mol. The minimum atomic E-state index is -0.00461. The fraction of sp³-hybridized carbons (Fsp3) is 0.706. The zero-order valence-corrected chi connectivity index (χ0v) is 14.1. The van der Waals surface area contributed by atoms with E-state index in [1.807, 2.05) is 14.0 Å². The van der Waals surface area contributed by atoms with Gasteiger partial charge in [0.2, 0.25) is 5.95 Å². The summed E-state index contributed by atoms with van der Waals surface area (Å²) in [7, 11) is 1.85. The van der Waals surface area contributed by atoms with Crippen LogP contribution < -0.4 is 4.90 Å². The van der Waals surface area contributed by atoms with Crippen molar-refractivity contribution in [2.75, 3.05) is 31.6 Å². The van der Waals surface area contributed by atoms with Crippen LogP contribution in [0.5, 0.6) is 0 Å². The molecule has 1 fully saturated rings. The molecule has 122 valence electrons. The van der Waals surface area contributed by atoms with Crippen LogP contribution in [0.15, 0.2) is 6.07 Å². The summed E-state index contributed by atoms with van der Waals surface area (Å²) in [5.74, 6) is 0.712. The van der Waals surface area contributed by atoms with Crippen LogP contribution >= 0.6 is 0 Å². The highest BCUT2D eigenvalue weighted by atomic mass is 16.2. The number of unbranched alkanes of at least 4 members (excludes halogenated alkanes) is 1. The lowest BCUT2D eigenvalue weighted by atomic mass is 10.2. The summed E-state index contributed by atoms with van der Waals surface area (Å²) in [4.78, 5) is 25.6. The second-order valence-electron chi connectivity index (χ2n) is 6.18. The lowest BCUT2D eigenvalue weighted by Crippen LogP contribution is -2.31.